The average molecular weight is 735 g/mol. The Bertz CT molecular complexity index is 1410. The fourth-order valence-electron chi connectivity index (χ4n) is 8.60. The fourth-order valence-corrected chi connectivity index (χ4v) is 8.60. The van der Waals surface area contributed by atoms with E-state index in [1.54, 1.807) is 6.08 Å². The smallest absolute Gasteiger partial charge is 0.0655 e. The highest BCUT2D eigenvalue weighted by molar-refractivity contribution is 5.62. The number of hydrogen-bond acceptors (Lipinski definition) is 4. The van der Waals surface area contributed by atoms with Crippen molar-refractivity contribution >= 4 is 5.70 Å². The lowest BCUT2D eigenvalue weighted by atomic mass is 9.68. The van der Waals surface area contributed by atoms with Crippen LogP contribution in [-0.4, -0.2) is 47.6 Å². The molecular formula is C50H78N4. The van der Waals surface area contributed by atoms with E-state index in [0.29, 0.717) is 23.3 Å². The van der Waals surface area contributed by atoms with Gasteiger partial charge in [0.05, 0.1) is 12.1 Å². The van der Waals surface area contributed by atoms with E-state index >= 15 is 0 Å². The third kappa shape index (κ3) is 14.2. The van der Waals surface area contributed by atoms with E-state index in [0.717, 1.165) is 49.2 Å². The van der Waals surface area contributed by atoms with E-state index in [1.165, 1.54) is 87.8 Å². The first-order valence-electron chi connectivity index (χ1n) is 21.4. The summed E-state index contributed by atoms with van der Waals surface area (Å²) >= 11 is 0. The van der Waals surface area contributed by atoms with Gasteiger partial charge in [-0.1, -0.05) is 146 Å². The Morgan fingerprint density at radius 2 is 1.39 bits per heavy atom. The molecule has 54 heavy (non-hydrogen) atoms. The number of likely N-dealkylation sites (tertiary alicyclic amines) is 2. The maximum atomic E-state index is 4.58. The second kappa shape index (κ2) is 23.3. The summed E-state index contributed by atoms with van der Waals surface area (Å²) in [6.45, 7) is 37.8. The summed E-state index contributed by atoms with van der Waals surface area (Å²) < 4.78 is 0. The first-order valence-corrected chi connectivity index (χ1v) is 21.4. The van der Waals surface area contributed by atoms with E-state index in [4.69, 9.17) is 0 Å². The summed E-state index contributed by atoms with van der Waals surface area (Å²) in [5, 5.41) is 7.40. The first kappa shape index (κ1) is 44.7. The van der Waals surface area contributed by atoms with Crippen LogP contribution in [0.1, 0.15) is 130 Å². The van der Waals surface area contributed by atoms with Gasteiger partial charge in [-0.05, 0) is 100 Å². The molecule has 1 spiro atoms. The molecule has 0 amide bonds. The Kier molecular flexibility index (Phi) is 19.3. The van der Waals surface area contributed by atoms with Crippen molar-refractivity contribution in [3.05, 3.63) is 128 Å². The molecule has 2 heterocycles. The molecule has 4 unspecified atom stereocenters. The Morgan fingerprint density at radius 3 is 1.93 bits per heavy atom. The van der Waals surface area contributed by atoms with Crippen LogP contribution in [0.5, 0.6) is 0 Å². The molecule has 3 fully saturated rings. The molecule has 3 aliphatic rings. The molecule has 4 nitrogen and oxygen atoms in total. The maximum Gasteiger partial charge on any atom is 0.0655 e. The SMILES string of the molecule is C=C(NC(CC(C)C)C(=C)N1CCC2(CCCCC2)CC1)C(C)Cc1ccccc1.C=C(NC(CCC)C(=C)N1CCCC1C)c1ccccc1.C=CC. The van der Waals surface area contributed by atoms with Crippen molar-refractivity contribution in [1.82, 2.24) is 20.4 Å². The van der Waals surface area contributed by atoms with Gasteiger partial charge in [-0.25, -0.2) is 0 Å². The van der Waals surface area contributed by atoms with E-state index in [9.17, 15) is 0 Å². The maximum absolute atomic E-state index is 4.58. The van der Waals surface area contributed by atoms with Crippen molar-refractivity contribution in [3.63, 3.8) is 0 Å². The number of nitrogens with one attached hydrogen (secondary N) is 2. The van der Waals surface area contributed by atoms with Gasteiger partial charge < -0.3 is 20.4 Å². The third-order valence-electron chi connectivity index (χ3n) is 12.0. The molecule has 1 aliphatic carbocycles. The standard InChI is InChI=1S/C28H44N2.C19H28N2.C3H6/c1-22(2)20-27(29-24(4)23(3)21-26-12-8-6-9-13-26)25(5)30-18-16-28(17-19-30)14-10-7-11-15-28;1-5-10-19(17(4)21-14-9-11-15(21)2)20-16(3)18-12-7-6-8-13-18;1-3-2/h6,8-9,12-13,22-23,27,29H,4-5,7,10-11,14-21H2,1-3H3;6-8,12-13,15,19-20H,3-5,9-11,14H2,1-2H3;3H,1H2,2H3. The van der Waals surface area contributed by atoms with Crippen LogP contribution in [0.25, 0.3) is 5.70 Å². The monoisotopic (exact) mass is 735 g/mol. The largest absolute Gasteiger partial charge is 0.380 e. The molecule has 298 valence electrons. The van der Waals surface area contributed by atoms with Crippen molar-refractivity contribution in [2.45, 2.75) is 143 Å². The van der Waals surface area contributed by atoms with Gasteiger partial charge >= 0.3 is 0 Å². The lowest BCUT2D eigenvalue weighted by Crippen LogP contribution is -2.45. The van der Waals surface area contributed by atoms with E-state index in [-0.39, 0.29) is 12.1 Å². The lowest BCUT2D eigenvalue weighted by molar-refractivity contribution is 0.0797. The molecule has 4 heteroatoms. The molecule has 2 saturated heterocycles. The third-order valence-corrected chi connectivity index (χ3v) is 12.0. The van der Waals surface area contributed by atoms with Gasteiger partial charge in [0.1, 0.15) is 0 Å². The molecule has 2 aromatic rings. The number of rotatable bonds is 16. The molecule has 4 atom stereocenters. The second-order valence-electron chi connectivity index (χ2n) is 16.9. The lowest BCUT2D eigenvalue weighted by Gasteiger charge is -2.46. The minimum atomic E-state index is 0.281. The van der Waals surface area contributed by atoms with Gasteiger partial charge in [0.2, 0.25) is 0 Å². The van der Waals surface area contributed by atoms with E-state index < -0.39 is 0 Å². The molecule has 0 bridgehead atoms. The van der Waals surface area contributed by atoms with Gasteiger partial charge in [-0.15, -0.1) is 6.58 Å². The van der Waals surface area contributed by atoms with Crippen molar-refractivity contribution < 1.29 is 0 Å². The summed E-state index contributed by atoms with van der Waals surface area (Å²) in [5.74, 6) is 1.03. The zero-order valence-corrected chi connectivity index (χ0v) is 35.5. The van der Waals surface area contributed by atoms with Gasteiger partial charge in [-0.2, -0.15) is 0 Å². The Morgan fingerprint density at radius 1 is 0.796 bits per heavy atom. The summed E-state index contributed by atoms with van der Waals surface area (Å²) in [5.41, 5.74) is 7.81. The number of nitrogens with zero attached hydrogens (tertiary/aromatic N) is 2. The second-order valence-corrected chi connectivity index (χ2v) is 16.9. The first-order chi connectivity index (χ1) is 25.9. The predicted molar refractivity (Wildman–Crippen MR) is 238 cm³/mol. The highest BCUT2D eigenvalue weighted by Crippen LogP contribution is 2.45. The van der Waals surface area contributed by atoms with Crippen LogP contribution in [0.4, 0.5) is 0 Å². The summed E-state index contributed by atoms with van der Waals surface area (Å²) in [4.78, 5) is 5.04. The molecule has 5 rings (SSSR count). The van der Waals surface area contributed by atoms with Crippen molar-refractivity contribution in [2.75, 3.05) is 19.6 Å². The van der Waals surface area contributed by atoms with E-state index in [1.807, 2.05) is 25.1 Å². The van der Waals surface area contributed by atoms with Crippen LogP contribution in [0.3, 0.4) is 0 Å². The molecule has 2 N–H and O–H groups in total. The summed E-state index contributed by atoms with van der Waals surface area (Å²) in [6, 6.07) is 22.3. The van der Waals surface area contributed by atoms with Crippen LogP contribution >= 0.6 is 0 Å². The zero-order chi connectivity index (χ0) is 39.5. The molecule has 2 aromatic carbocycles. The topological polar surface area (TPSA) is 30.5 Å². The summed E-state index contributed by atoms with van der Waals surface area (Å²) in [7, 11) is 0. The van der Waals surface area contributed by atoms with Gasteiger partial charge in [0.15, 0.2) is 0 Å². The van der Waals surface area contributed by atoms with E-state index in [2.05, 4.69) is 130 Å². The molecule has 0 radical (unpaired) electrons. The van der Waals surface area contributed by atoms with Gasteiger partial charge in [0.25, 0.3) is 0 Å². The van der Waals surface area contributed by atoms with Crippen LogP contribution in [-0.2, 0) is 6.42 Å². The zero-order valence-electron chi connectivity index (χ0n) is 35.5. The predicted octanol–water partition coefficient (Wildman–Crippen LogP) is 12.5. The van der Waals surface area contributed by atoms with Gasteiger partial charge in [0, 0.05) is 48.5 Å². The average Bonchev–Trinajstić information content (AvgIpc) is 3.61. The van der Waals surface area contributed by atoms with Gasteiger partial charge in [-0.3, -0.25) is 0 Å². The minimum Gasteiger partial charge on any atom is -0.380 e. The quantitative estimate of drug-likeness (QED) is 0.168. The van der Waals surface area contributed by atoms with Crippen molar-refractivity contribution in [2.24, 2.45) is 17.3 Å². The number of allylic oxidation sites excluding steroid dienone is 2. The van der Waals surface area contributed by atoms with Crippen molar-refractivity contribution in [1.29, 1.82) is 0 Å². The highest BCUT2D eigenvalue weighted by atomic mass is 15.2. The molecule has 2 aliphatic heterocycles. The number of piperidine rings is 1. The van der Waals surface area contributed by atoms with Crippen LogP contribution in [0.2, 0.25) is 0 Å². The van der Waals surface area contributed by atoms with Crippen LogP contribution < -0.4 is 10.6 Å². The molecule has 1 saturated carbocycles. The number of hydrogen-bond donors (Lipinski definition) is 2. The molecule has 0 aromatic heterocycles. The minimum absolute atomic E-state index is 0.281. The Hall–Kier alpha value is -3.66. The number of benzene rings is 2. The van der Waals surface area contributed by atoms with Crippen LogP contribution in [0, 0.1) is 17.3 Å². The highest BCUT2D eigenvalue weighted by Gasteiger charge is 2.36. The van der Waals surface area contributed by atoms with Crippen LogP contribution in [0.15, 0.2) is 117 Å². The Balaban J connectivity index is 0.000000285. The summed E-state index contributed by atoms with van der Waals surface area (Å²) in [6.07, 6.45) is 18.6. The fraction of sp³-hybridized carbons (Fsp3) is 0.560. The Labute approximate surface area is 333 Å². The molecular weight excluding hydrogens is 657 g/mol. The van der Waals surface area contributed by atoms with Crippen molar-refractivity contribution in [3.8, 4) is 0 Å². The normalized spacial score (nSPS) is 19.3.